The highest BCUT2D eigenvalue weighted by atomic mass is 16.6. The maximum Gasteiger partial charge on any atom is 0.421 e. The molecule has 6 aromatic rings. The van der Waals surface area contributed by atoms with Crippen LogP contribution < -0.4 is 16.7 Å². The SMILES string of the molecule is CC(=O)[C@H]1CCCN1NC(=O)OCC1c2ccccc2-c2ccccc21.CC(=O)[C@H]1C[C@@H](n2cc(C)c(=O)n(C(=O)c3ccccc3)c2=O)CN1C(=O)OCC1c2ccccc2-c2ccccc21. The topological polar surface area (TPSA) is 166 Å². The molecule has 2 saturated heterocycles. The van der Waals surface area contributed by atoms with Crippen LogP contribution in [0.2, 0.25) is 0 Å². The van der Waals surface area contributed by atoms with Gasteiger partial charge in [0.2, 0.25) is 0 Å². The average molecular weight is 914 g/mol. The molecule has 0 spiro atoms. The molecular weight excluding hydrogens is 863 g/mol. The lowest BCUT2D eigenvalue weighted by atomic mass is 9.98. The number of rotatable bonds is 9. The van der Waals surface area contributed by atoms with Crippen LogP contribution in [0.5, 0.6) is 0 Å². The Morgan fingerprint density at radius 1 is 0.632 bits per heavy atom. The number of amides is 2. The summed E-state index contributed by atoms with van der Waals surface area (Å²) in [6, 6.07) is 38.9. The summed E-state index contributed by atoms with van der Waals surface area (Å²) >= 11 is 0. The zero-order valence-corrected chi connectivity index (χ0v) is 38.0. The van der Waals surface area contributed by atoms with Crippen molar-refractivity contribution in [2.24, 2.45) is 0 Å². The van der Waals surface area contributed by atoms with Crippen molar-refractivity contribution < 1.29 is 33.4 Å². The molecule has 1 N–H and O–H groups in total. The Kier molecular flexibility index (Phi) is 12.9. The number of hydrazine groups is 1. The Morgan fingerprint density at radius 3 is 1.63 bits per heavy atom. The largest absolute Gasteiger partial charge is 0.448 e. The zero-order chi connectivity index (χ0) is 47.6. The van der Waals surface area contributed by atoms with E-state index in [1.54, 1.807) is 30.1 Å². The molecule has 0 unspecified atom stereocenters. The number of likely N-dealkylation sites (tertiary alicyclic amines) is 1. The van der Waals surface area contributed by atoms with Gasteiger partial charge in [0.05, 0.1) is 18.1 Å². The zero-order valence-electron chi connectivity index (χ0n) is 38.0. The lowest BCUT2D eigenvalue weighted by molar-refractivity contribution is -0.122. The molecule has 3 heterocycles. The first-order valence-electron chi connectivity index (χ1n) is 22.9. The summed E-state index contributed by atoms with van der Waals surface area (Å²) in [5, 5.41) is 1.70. The van der Waals surface area contributed by atoms with Crippen LogP contribution in [0.4, 0.5) is 9.59 Å². The molecule has 3 atom stereocenters. The van der Waals surface area contributed by atoms with Crippen LogP contribution >= 0.6 is 0 Å². The fourth-order valence-corrected chi connectivity index (χ4v) is 10.2. The average Bonchev–Trinajstić information content (AvgIpc) is 4.15. The van der Waals surface area contributed by atoms with Crippen molar-refractivity contribution >= 4 is 29.7 Å². The van der Waals surface area contributed by atoms with Gasteiger partial charge in [-0.1, -0.05) is 115 Å². The Labute approximate surface area is 392 Å². The molecule has 2 fully saturated rings. The number of aromatic nitrogens is 2. The minimum absolute atomic E-state index is 0.0119. The molecule has 0 radical (unpaired) electrons. The third-order valence-electron chi connectivity index (χ3n) is 13.5. The molecule has 1 aromatic heterocycles. The molecule has 10 rings (SSSR count). The predicted molar refractivity (Wildman–Crippen MR) is 254 cm³/mol. The smallest absolute Gasteiger partial charge is 0.421 e. The van der Waals surface area contributed by atoms with Crippen molar-refractivity contribution in [2.45, 2.75) is 70.0 Å². The van der Waals surface area contributed by atoms with Crippen LogP contribution in [-0.2, 0) is 19.1 Å². The first-order valence-corrected chi connectivity index (χ1v) is 22.9. The number of ketones is 2. The third-order valence-corrected chi connectivity index (χ3v) is 13.5. The first kappa shape index (κ1) is 45.4. The second kappa shape index (κ2) is 19.3. The van der Waals surface area contributed by atoms with E-state index in [1.165, 1.54) is 63.9 Å². The number of nitrogens with zero attached hydrogens (tertiary/aromatic N) is 4. The van der Waals surface area contributed by atoms with E-state index in [4.69, 9.17) is 9.47 Å². The molecule has 14 heteroatoms. The quantitative estimate of drug-likeness (QED) is 0.152. The molecule has 14 nitrogen and oxygen atoms in total. The van der Waals surface area contributed by atoms with Crippen molar-refractivity contribution in [3.63, 3.8) is 0 Å². The lowest BCUT2D eigenvalue weighted by Gasteiger charge is -2.23. The van der Waals surface area contributed by atoms with Crippen LogP contribution in [0.1, 0.15) is 89.2 Å². The third kappa shape index (κ3) is 8.70. The van der Waals surface area contributed by atoms with Gasteiger partial charge in [-0.15, -0.1) is 0 Å². The van der Waals surface area contributed by atoms with E-state index in [1.807, 2.05) is 60.7 Å². The van der Waals surface area contributed by atoms with Gasteiger partial charge in [0, 0.05) is 42.2 Å². The molecule has 2 aliphatic heterocycles. The number of nitrogens with one attached hydrogen (secondary N) is 1. The van der Waals surface area contributed by atoms with Gasteiger partial charge in [-0.25, -0.2) is 19.4 Å². The predicted octanol–water partition coefficient (Wildman–Crippen LogP) is 7.65. The molecule has 0 bridgehead atoms. The summed E-state index contributed by atoms with van der Waals surface area (Å²) in [6.45, 7) is 5.53. The maximum atomic E-state index is 13.5. The number of hydrogen-bond donors (Lipinski definition) is 1. The molecule has 5 aromatic carbocycles. The van der Waals surface area contributed by atoms with Gasteiger partial charge in [0.1, 0.15) is 19.0 Å². The number of Topliss-reactive ketones (excluding diaryl/α,β-unsaturated/α-hetero) is 2. The number of carbonyl (C=O) groups is 5. The molecule has 2 amide bonds. The number of carbonyl (C=O) groups excluding carboxylic acids is 5. The van der Waals surface area contributed by atoms with Crippen LogP contribution in [0, 0.1) is 6.92 Å². The number of hydrogen-bond acceptors (Lipinski definition) is 10. The normalized spacial score (nSPS) is 18.1. The second-order valence-electron chi connectivity index (χ2n) is 17.7. The van der Waals surface area contributed by atoms with Crippen LogP contribution in [0.25, 0.3) is 22.3 Å². The van der Waals surface area contributed by atoms with Crippen molar-refractivity contribution in [1.29, 1.82) is 0 Å². The van der Waals surface area contributed by atoms with E-state index in [9.17, 15) is 33.6 Å². The molecule has 68 heavy (non-hydrogen) atoms. The van der Waals surface area contributed by atoms with Crippen molar-refractivity contribution in [2.75, 3.05) is 26.3 Å². The summed E-state index contributed by atoms with van der Waals surface area (Å²) < 4.78 is 13.2. The van der Waals surface area contributed by atoms with Crippen molar-refractivity contribution in [1.82, 2.24) is 24.5 Å². The molecular formula is C54H51N5O9. The highest BCUT2D eigenvalue weighted by molar-refractivity contribution is 5.95. The van der Waals surface area contributed by atoms with Gasteiger partial charge in [-0.05, 0) is 96.7 Å². The highest BCUT2D eigenvalue weighted by Crippen LogP contribution is 2.46. The second-order valence-corrected chi connectivity index (χ2v) is 17.7. The fraction of sp³-hybridized carbons (Fsp3) is 0.278. The summed E-state index contributed by atoms with van der Waals surface area (Å²) in [7, 11) is 0. The fourth-order valence-electron chi connectivity index (χ4n) is 10.2. The molecule has 4 aliphatic rings. The van der Waals surface area contributed by atoms with Gasteiger partial charge in [0.15, 0.2) is 5.78 Å². The summed E-state index contributed by atoms with van der Waals surface area (Å²) in [5.41, 5.74) is 10.7. The van der Waals surface area contributed by atoms with Gasteiger partial charge in [0.25, 0.3) is 11.5 Å². The van der Waals surface area contributed by atoms with E-state index >= 15 is 0 Å². The van der Waals surface area contributed by atoms with E-state index in [-0.39, 0.29) is 66.8 Å². The number of fused-ring (bicyclic) bond motifs is 6. The monoisotopic (exact) mass is 913 g/mol. The summed E-state index contributed by atoms with van der Waals surface area (Å²) in [4.78, 5) is 90.9. The Hall–Kier alpha value is -7.71. The van der Waals surface area contributed by atoms with Crippen LogP contribution in [0.15, 0.2) is 143 Å². The van der Waals surface area contributed by atoms with E-state index < -0.39 is 41.4 Å². The Balaban J connectivity index is 0.000000190. The Bertz CT molecular complexity index is 2980. The lowest BCUT2D eigenvalue weighted by Crippen LogP contribution is -2.48. The summed E-state index contributed by atoms with van der Waals surface area (Å²) in [6.07, 6.45) is 2.06. The first-order chi connectivity index (χ1) is 32.9. The van der Waals surface area contributed by atoms with E-state index in [0.29, 0.717) is 11.1 Å². The van der Waals surface area contributed by atoms with E-state index in [2.05, 4.69) is 41.8 Å². The van der Waals surface area contributed by atoms with Crippen LogP contribution in [0.3, 0.4) is 0 Å². The molecule has 0 saturated carbocycles. The number of aryl methyl sites for hydroxylation is 1. The molecule has 2 aliphatic carbocycles. The molecule has 346 valence electrons. The summed E-state index contributed by atoms with van der Waals surface area (Å²) in [5.74, 6) is -1.02. The number of ether oxygens (including phenoxy) is 2. The highest BCUT2D eigenvalue weighted by Gasteiger charge is 2.41. The van der Waals surface area contributed by atoms with Gasteiger partial charge >= 0.3 is 17.9 Å². The Morgan fingerprint density at radius 2 is 1.12 bits per heavy atom. The van der Waals surface area contributed by atoms with Gasteiger partial charge in [-0.3, -0.25) is 34.1 Å². The van der Waals surface area contributed by atoms with Gasteiger partial charge < -0.3 is 9.47 Å². The van der Waals surface area contributed by atoms with E-state index in [0.717, 1.165) is 35.1 Å². The minimum Gasteiger partial charge on any atom is -0.448 e. The minimum atomic E-state index is -0.818. The standard InChI is InChI=1S/C33H29N3O6.C21H22N2O3/c1-20-17-34(32(40)36(30(20)38)31(39)22-10-4-3-5-11-22)23-16-29(21(2)37)35(18-23)33(41)42-19-28-26-14-8-6-12-24(26)25-13-7-9-15-27(25)28;1-14(24)20-11-6-12-23(20)22-21(25)26-13-19-17-9-4-2-7-15(17)16-8-3-5-10-18(16)19/h3-15,17,23,28-29H,16,18-19H2,1-2H3;2-5,7-10,19-20H,6,11-13H2,1H3,(H,22,25)/t23-,29-;20-/m11/s1. The van der Waals surface area contributed by atoms with Crippen molar-refractivity contribution in [3.8, 4) is 22.3 Å². The van der Waals surface area contributed by atoms with Gasteiger partial charge in [-0.2, -0.15) is 4.57 Å². The van der Waals surface area contributed by atoms with Crippen molar-refractivity contribution in [3.05, 3.63) is 188 Å². The number of benzene rings is 5. The van der Waals surface area contributed by atoms with Crippen LogP contribution in [-0.4, -0.2) is 87.1 Å². The maximum absolute atomic E-state index is 13.5.